The Morgan fingerprint density at radius 1 is 0.833 bits per heavy atom. The van der Waals surface area contributed by atoms with Gasteiger partial charge < -0.3 is 0 Å². The minimum atomic E-state index is 1.01. The number of thiophene rings is 2. The Balaban J connectivity index is 2.00. The molecule has 0 atom stereocenters. The highest BCUT2D eigenvalue weighted by molar-refractivity contribution is 9.11. The largest absolute Gasteiger partial charge is 0.255 e. The average Bonchev–Trinajstić information content (AvgIpc) is 2.98. The molecule has 3 aromatic heterocycles. The number of nitrogens with zero attached hydrogens (tertiary/aromatic N) is 1. The third kappa shape index (κ3) is 2.32. The first-order chi connectivity index (χ1) is 8.75. The molecule has 0 fully saturated rings. The molecule has 18 heavy (non-hydrogen) atoms. The molecule has 3 heterocycles. The van der Waals surface area contributed by atoms with Crippen LogP contribution in [0, 0.1) is 0 Å². The van der Waals surface area contributed by atoms with E-state index in [1.54, 1.807) is 22.7 Å². The summed E-state index contributed by atoms with van der Waals surface area (Å²) in [5, 5.41) is 4.13. The monoisotopic (exact) mass is 399 g/mol. The number of pyridine rings is 1. The van der Waals surface area contributed by atoms with Crippen molar-refractivity contribution in [2.75, 3.05) is 0 Å². The third-order valence-electron chi connectivity index (χ3n) is 2.49. The van der Waals surface area contributed by atoms with Crippen molar-refractivity contribution in [3.63, 3.8) is 0 Å². The average molecular weight is 401 g/mol. The summed E-state index contributed by atoms with van der Waals surface area (Å²) in [7, 11) is 0. The lowest BCUT2D eigenvalue weighted by Gasteiger charge is -2.01. The van der Waals surface area contributed by atoms with Crippen LogP contribution in [0.3, 0.4) is 0 Å². The van der Waals surface area contributed by atoms with E-state index in [0.29, 0.717) is 0 Å². The first kappa shape index (κ1) is 12.5. The number of aromatic nitrogens is 1. The minimum Gasteiger partial charge on any atom is -0.255 e. The van der Waals surface area contributed by atoms with Crippen molar-refractivity contribution in [2.45, 2.75) is 0 Å². The van der Waals surface area contributed by atoms with Crippen LogP contribution in [0.2, 0.25) is 0 Å². The highest BCUT2D eigenvalue weighted by atomic mass is 79.9. The van der Waals surface area contributed by atoms with Gasteiger partial charge in [-0.25, -0.2) is 0 Å². The maximum atomic E-state index is 4.55. The van der Waals surface area contributed by atoms with Crippen molar-refractivity contribution in [3.05, 3.63) is 50.2 Å². The molecule has 0 aromatic carbocycles. The number of hydrogen-bond acceptors (Lipinski definition) is 3. The Hall–Kier alpha value is -0.490. The lowest BCUT2D eigenvalue weighted by atomic mass is 10.2. The van der Waals surface area contributed by atoms with Gasteiger partial charge in [0.15, 0.2) is 0 Å². The van der Waals surface area contributed by atoms with Crippen molar-refractivity contribution >= 4 is 54.5 Å². The first-order valence-electron chi connectivity index (χ1n) is 5.18. The lowest BCUT2D eigenvalue weighted by molar-refractivity contribution is 1.34. The lowest BCUT2D eigenvalue weighted by Crippen LogP contribution is -1.82. The molecular weight excluding hydrogens is 394 g/mol. The van der Waals surface area contributed by atoms with Crippen molar-refractivity contribution in [1.29, 1.82) is 0 Å². The summed E-state index contributed by atoms with van der Waals surface area (Å²) < 4.78 is 2.23. The van der Waals surface area contributed by atoms with Crippen LogP contribution >= 0.6 is 54.5 Å². The zero-order valence-corrected chi connectivity index (χ0v) is 13.9. The highest BCUT2D eigenvalue weighted by Gasteiger charge is 2.08. The Kier molecular flexibility index (Phi) is 3.66. The van der Waals surface area contributed by atoms with Crippen LogP contribution in [0.15, 0.2) is 50.2 Å². The SMILES string of the molecule is Brc1ccsc1-c1ccc(-c2sccc2Br)nc1. The second-order valence-electron chi connectivity index (χ2n) is 3.63. The second kappa shape index (κ2) is 5.25. The molecule has 0 bridgehead atoms. The van der Waals surface area contributed by atoms with Gasteiger partial charge in [-0.2, -0.15) is 0 Å². The zero-order valence-electron chi connectivity index (χ0n) is 9.06. The van der Waals surface area contributed by atoms with Gasteiger partial charge in [-0.05, 0) is 66.9 Å². The van der Waals surface area contributed by atoms with E-state index < -0.39 is 0 Å². The molecule has 90 valence electrons. The van der Waals surface area contributed by atoms with E-state index in [-0.39, 0.29) is 0 Å². The van der Waals surface area contributed by atoms with E-state index >= 15 is 0 Å². The smallest absolute Gasteiger partial charge is 0.0813 e. The molecule has 0 amide bonds. The molecule has 0 unspecified atom stereocenters. The van der Waals surface area contributed by atoms with Crippen molar-refractivity contribution in [1.82, 2.24) is 4.98 Å². The Bertz CT molecular complexity index is 611. The Morgan fingerprint density at radius 2 is 1.50 bits per heavy atom. The molecule has 0 spiro atoms. The summed E-state index contributed by atoms with van der Waals surface area (Å²) in [5.41, 5.74) is 2.15. The minimum absolute atomic E-state index is 1.01. The Labute approximate surface area is 130 Å². The summed E-state index contributed by atoms with van der Waals surface area (Å²) in [6.45, 7) is 0. The highest BCUT2D eigenvalue weighted by Crippen LogP contribution is 2.36. The molecule has 3 rings (SSSR count). The van der Waals surface area contributed by atoms with Gasteiger partial charge in [0.05, 0.1) is 10.6 Å². The fourth-order valence-electron chi connectivity index (χ4n) is 1.64. The van der Waals surface area contributed by atoms with Crippen LogP contribution in [-0.2, 0) is 0 Å². The molecule has 0 aliphatic heterocycles. The topological polar surface area (TPSA) is 12.9 Å². The van der Waals surface area contributed by atoms with E-state index in [9.17, 15) is 0 Å². The first-order valence-corrected chi connectivity index (χ1v) is 8.53. The van der Waals surface area contributed by atoms with Crippen LogP contribution in [-0.4, -0.2) is 4.98 Å². The standard InChI is InChI=1S/C13H7Br2NS2/c14-9-3-5-17-12(9)8-1-2-11(16-7-8)13-10(15)4-6-18-13/h1-7H. The molecule has 0 aliphatic rings. The predicted molar refractivity (Wildman–Crippen MR) is 86.3 cm³/mol. The summed E-state index contributed by atoms with van der Waals surface area (Å²) >= 11 is 10.5. The van der Waals surface area contributed by atoms with Crippen molar-refractivity contribution in [2.24, 2.45) is 0 Å². The van der Waals surface area contributed by atoms with E-state index in [4.69, 9.17) is 0 Å². The zero-order chi connectivity index (χ0) is 12.5. The van der Waals surface area contributed by atoms with E-state index in [0.717, 1.165) is 20.2 Å². The summed E-state index contributed by atoms with van der Waals surface area (Å²) in [6, 6.07) is 8.29. The van der Waals surface area contributed by atoms with Crippen LogP contribution in [0.4, 0.5) is 0 Å². The van der Waals surface area contributed by atoms with Crippen molar-refractivity contribution < 1.29 is 0 Å². The van der Waals surface area contributed by atoms with E-state index in [1.807, 2.05) is 12.3 Å². The third-order valence-corrected chi connectivity index (χ3v) is 6.24. The normalized spacial score (nSPS) is 10.8. The molecule has 0 saturated heterocycles. The number of hydrogen-bond donors (Lipinski definition) is 0. The molecular formula is C13H7Br2NS2. The van der Waals surface area contributed by atoms with Crippen LogP contribution < -0.4 is 0 Å². The summed E-state index contributed by atoms with van der Waals surface area (Å²) in [5.74, 6) is 0. The van der Waals surface area contributed by atoms with E-state index in [2.05, 4.69) is 65.8 Å². The van der Waals surface area contributed by atoms with Gasteiger partial charge >= 0.3 is 0 Å². The molecule has 0 aliphatic carbocycles. The quantitative estimate of drug-likeness (QED) is 0.509. The molecule has 1 nitrogen and oxygen atoms in total. The van der Waals surface area contributed by atoms with Gasteiger partial charge in [0.25, 0.3) is 0 Å². The molecule has 0 radical (unpaired) electrons. The molecule has 0 N–H and O–H groups in total. The molecule has 3 aromatic rings. The van der Waals surface area contributed by atoms with Gasteiger partial charge in [0.2, 0.25) is 0 Å². The molecule has 5 heteroatoms. The van der Waals surface area contributed by atoms with Gasteiger partial charge in [0.1, 0.15) is 0 Å². The number of rotatable bonds is 2. The predicted octanol–water partition coefficient (Wildman–Crippen LogP) is 6.06. The fraction of sp³-hybridized carbons (Fsp3) is 0. The summed E-state index contributed by atoms with van der Waals surface area (Å²) in [4.78, 5) is 6.94. The second-order valence-corrected chi connectivity index (χ2v) is 7.17. The van der Waals surface area contributed by atoms with Crippen LogP contribution in [0.5, 0.6) is 0 Å². The van der Waals surface area contributed by atoms with Crippen molar-refractivity contribution in [3.8, 4) is 21.0 Å². The van der Waals surface area contributed by atoms with Crippen LogP contribution in [0.25, 0.3) is 21.0 Å². The number of halogens is 2. The maximum Gasteiger partial charge on any atom is 0.0813 e. The van der Waals surface area contributed by atoms with Gasteiger partial charge in [-0.1, -0.05) is 0 Å². The van der Waals surface area contributed by atoms with Gasteiger partial charge in [0, 0.05) is 25.6 Å². The van der Waals surface area contributed by atoms with Gasteiger partial charge in [-0.15, -0.1) is 22.7 Å². The van der Waals surface area contributed by atoms with Gasteiger partial charge in [-0.3, -0.25) is 4.98 Å². The maximum absolute atomic E-state index is 4.55. The molecule has 0 saturated carbocycles. The van der Waals surface area contributed by atoms with Crippen LogP contribution in [0.1, 0.15) is 0 Å². The summed E-state index contributed by atoms with van der Waals surface area (Å²) in [6.07, 6.45) is 1.93. The van der Waals surface area contributed by atoms with E-state index in [1.165, 1.54) is 9.75 Å². The Morgan fingerprint density at radius 3 is 2.00 bits per heavy atom. The fourth-order valence-corrected chi connectivity index (χ4v) is 4.79.